The molecule has 0 radical (unpaired) electrons. The quantitative estimate of drug-likeness (QED) is 0.801. The number of hydrogen-bond donors (Lipinski definition) is 0. The van der Waals surface area contributed by atoms with Gasteiger partial charge in [0.2, 0.25) is 0 Å². The summed E-state index contributed by atoms with van der Waals surface area (Å²) in [7, 11) is 1.66. The summed E-state index contributed by atoms with van der Waals surface area (Å²) in [6, 6.07) is 1.29. The summed E-state index contributed by atoms with van der Waals surface area (Å²) in [5.41, 5.74) is 1.18. The summed E-state index contributed by atoms with van der Waals surface area (Å²) in [4.78, 5) is 13.8. The van der Waals surface area contributed by atoms with Crippen LogP contribution >= 0.6 is 0 Å². The van der Waals surface area contributed by atoms with E-state index in [1.54, 1.807) is 7.11 Å². The lowest BCUT2D eigenvalue weighted by molar-refractivity contribution is 0.0455. The summed E-state index contributed by atoms with van der Waals surface area (Å²) in [6.45, 7) is 11.7. The minimum absolute atomic E-state index is 0.477. The fourth-order valence-electron chi connectivity index (χ4n) is 3.05. The summed E-state index contributed by atoms with van der Waals surface area (Å²) in [6.07, 6.45) is 5.06. The predicted molar refractivity (Wildman–Crippen MR) is 83.9 cm³/mol. The van der Waals surface area contributed by atoms with Crippen LogP contribution in [-0.4, -0.2) is 58.6 Å². The first kappa shape index (κ1) is 16.3. The van der Waals surface area contributed by atoms with E-state index >= 15 is 0 Å². The van der Waals surface area contributed by atoms with Gasteiger partial charge in [-0.05, 0) is 20.3 Å². The maximum Gasteiger partial charge on any atom is 0.153 e. The van der Waals surface area contributed by atoms with E-state index in [0.29, 0.717) is 18.7 Å². The lowest BCUT2D eigenvalue weighted by Crippen LogP contribution is -2.54. The highest BCUT2D eigenvalue weighted by atomic mass is 16.5. The average Bonchev–Trinajstić information content (AvgIpc) is 2.49. The molecule has 5 heteroatoms. The number of ether oxygens (including phenoxy) is 1. The highest BCUT2D eigenvalue weighted by Gasteiger charge is 2.27. The van der Waals surface area contributed by atoms with Gasteiger partial charge in [0, 0.05) is 63.3 Å². The van der Waals surface area contributed by atoms with Crippen LogP contribution in [0, 0.1) is 0 Å². The van der Waals surface area contributed by atoms with Gasteiger partial charge in [0.05, 0.1) is 0 Å². The lowest BCUT2D eigenvalue weighted by Gasteiger charge is -2.43. The molecule has 1 aromatic heterocycles. The van der Waals surface area contributed by atoms with Crippen molar-refractivity contribution in [3.63, 3.8) is 0 Å². The van der Waals surface area contributed by atoms with E-state index in [9.17, 15) is 0 Å². The Morgan fingerprint density at radius 1 is 1.29 bits per heavy atom. The van der Waals surface area contributed by atoms with Crippen molar-refractivity contribution in [3.8, 4) is 0 Å². The molecule has 1 saturated heterocycles. The van der Waals surface area contributed by atoms with Gasteiger partial charge in [-0.15, -0.1) is 0 Å². The zero-order valence-electron chi connectivity index (χ0n) is 13.7. The van der Waals surface area contributed by atoms with Crippen molar-refractivity contribution in [2.24, 2.45) is 0 Å². The van der Waals surface area contributed by atoms with Crippen LogP contribution in [0.1, 0.15) is 38.6 Å². The number of rotatable bonds is 6. The average molecular weight is 292 g/mol. The number of nitrogens with zero attached hydrogens (tertiary/aromatic N) is 4. The molecule has 5 nitrogen and oxygen atoms in total. The molecular formula is C16H28N4O. The van der Waals surface area contributed by atoms with Gasteiger partial charge >= 0.3 is 0 Å². The molecule has 0 bridgehead atoms. The van der Waals surface area contributed by atoms with Crippen LogP contribution in [0.5, 0.6) is 0 Å². The van der Waals surface area contributed by atoms with E-state index in [2.05, 4.69) is 40.5 Å². The Balaban J connectivity index is 1.91. The Kier molecular flexibility index (Phi) is 6.08. The van der Waals surface area contributed by atoms with Crippen LogP contribution in [0.2, 0.25) is 0 Å². The van der Waals surface area contributed by atoms with Crippen molar-refractivity contribution >= 4 is 0 Å². The van der Waals surface area contributed by atoms with Crippen molar-refractivity contribution in [2.45, 2.75) is 52.4 Å². The second-order valence-electron chi connectivity index (χ2n) is 6.07. The van der Waals surface area contributed by atoms with Crippen LogP contribution in [0.15, 0.2) is 12.4 Å². The normalized spacial score (nSPS) is 21.1. The third-order valence-corrected chi connectivity index (χ3v) is 4.19. The van der Waals surface area contributed by atoms with Crippen molar-refractivity contribution in [2.75, 3.05) is 26.7 Å². The Bertz CT molecular complexity index is 421. The molecule has 0 spiro atoms. The number of hydrogen-bond acceptors (Lipinski definition) is 5. The Morgan fingerprint density at radius 2 is 2.00 bits per heavy atom. The zero-order chi connectivity index (χ0) is 15.2. The first-order valence-electron chi connectivity index (χ1n) is 7.90. The van der Waals surface area contributed by atoms with Gasteiger partial charge in [0.15, 0.2) is 5.82 Å². The van der Waals surface area contributed by atoms with E-state index in [-0.39, 0.29) is 0 Å². The van der Waals surface area contributed by atoms with E-state index in [0.717, 1.165) is 32.0 Å². The molecular weight excluding hydrogens is 264 g/mol. The highest BCUT2D eigenvalue weighted by molar-refractivity contribution is 5.05. The van der Waals surface area contributed by atoms with E-state index in [1.807, 2.05) is 12.4 Å². The first-order chi connectivity index (χ1) is 10.1. The number of piperazine rings is 1. The van der Waals surface area contributed by atoms with Gasteiger partial charge in [-0.3, -0.25) is 9.80 Å². The third-order valence-electron chi connectivity index (χ3n) is 4.19. The van der Waals surface area contributed by atoms with Gasteiger partial charge in [0.1, 0.15) is 6.61 Å². The largest absolute Gasteiger partial charge is 0.377 e. The first-order valence-corrected chi connectivity index (χ1v) is 7.90. The van der Waals surface area contributed by atoms with Crippen molar-refractivity contribution in [1.82, 2.24) is 19.8 Å². The zero-order valence-corrected chi connectivity index (χ0v) is 13.7. The minimum Gasteiger partial charge on any atom is -0.377 e. The maximum absolute atomic E-state index is 5.04. The maximum atomic E-state index is 5.04. The van der Waals surface area contributed by atoms with Crippen molar-refractivity contribution in [1.29, 1.82) is 0 Å². The number of methoxy groups -OCH3 is 1. The van der Waals surface area contributed by atoms with Crippen LogP contribution in [0.4, 0.5) is 0 Å². The van der Waals surface area contributed by atoms with Crippen LogP contribution in [0.3, 0.4) is 0 Å². The fourth-order valence-corrected chi connectivity index (χ4v) is 3.05. The summed E-state index contributed by atoms with van der Waals surface area (Å²) in [5.74, 6) is 0.748. The Morgan fingerprint density at radius 3 is 2.57 bits per heavy atom. The molecule has 1 fully saturated rings. The summed E-state index contributed by atoms with van der Waals surface area (Å²) < 4.78 is 5.04. The third kappa shape index (κ3) is 4.46. The van der Waals surface area contributed by atoms with Crippen molar-refractivity contribution in [3.05, 3.63) is 23.8 Å². The van der Waals surface area contributed by atoms with Gasteiger partial charge in [0.25, 0.3) is 0 Å². The molecule has 21 heavy (non-hydrogen) atoms. The minimum atomic E-state index is 0.477. The molecule has 118 valence electrons. The van der Waals surface area contributed by atoms with Gasteiger partial charge in [-0.2, -0.15) is 0 Å². The van der Waals surface area contributed by atoms with Gasteiger partial charge in [-0.25, -0.2) is 9.97 Å². The second-order valence-corrected chi connectivity index (χ2v) is 6.07. The second kappa shape index (κ2) is 7.82. The van der Waals surface area contributed by atoms with Gasteiger partial charge < -0.3 is 4.74 Å². The molecule has 1 aromatic rings. The lowest BCUT2D eigenvalue weighted by atomic mass is 10.1. The molecule has 0 saturated carbocycles. The fraction of sp³-hybridized carbons (Fsp3) is 0.750. The molecule has 0 N–H and O–H groups in total. The SMILES string of the molecule is CCC1CN(Cc2cnc(COC)nc2)CCN1C(C)C. The van der Waals surface area contributed by atoms with Crippen LogP contribution in [-0.2, 0) is 17.9 Å². The molecule has 2 heterocycles. The molecule has 1 aliphatic rings. The molecule has 1 unspecified atom stereocenters. The molecule has 1 atom stereocenters. The highest BCUT2D eigenvalue weighted by Crippen LogP contribution is 2.17. The number of aromatic nitrogens is 2. The van der Waals surface area contributed by atoms with Gasteiger partial charge in [-0.1, -0.05) is 6.92 Å². The smallest absolute Gasteiger partial charge is 0.153 e. The van der Waals surface area contributed by atoms with E-state index in [1.165, 1.54) is 12.0 Å². The topological polar surface area (TPSA) is 41.5 Å². The molecule has 0 aliphatic carbocycles. The molecule has 2 rings (SSSR count). The standard InChI is InChI=1S/C16H28N4O/c1-5-15-11-19(6-7-20(15)13(2)3)10-14-8-17-16(12-21-4)18-9-14/h8-9,13,15H,5-7,10-12H2,1-4H3. The molecule has 0 amide bonds. The van der Waals surface area contributed by atoms with E-state index in [4.69, 9.17) is 4.74 Å². The van der Waals surface area contributed by atoms with Crippen LogP contribution < -0.4 is 0 Å². The predicted octanol–water partition coefficient (Wildman–Crippen LogP) is 1.93. The molecule has 1 aliphatic heterocycles. The summed E-state index contributed by atoms with van der Waals surface area (Å²) >= 11 is 0. The van der Waals surface area contributed by atoms with Crippen molar-refractivity contribution < 1.29 is 4.74 Å². The van der Waals surface area contributed by atoms with E-state index < -0.39 is 0 Å². The monoisotopic (exact) mass is 292 g/mol. The Labute approximate surface area is 128 Å². The summed E-state index contributed by atoms with van der Waals surface area (Å²) in [5, 5.41) is 0. The van der Waals surface area contributed by atoms with Crippen LogP contribution in [0.25, 0.3) is 0 Å². The molecule has 0 aromatic carbocycles. The Hall–Kier alpha value is -1.04.